The summed E-state index contributed by atoms with van der Waals surface area (Å²) in [5.41, 5.74) is 2.10. The molecule has 2 aliphatic heterocycles. The SMILES string of the molecule is O=C(NC1CCN(c2ncccn2)CC1)[C@@H]1Cc2cc(Cl)ccc2N1. The number of nitrogens with zero attached hydrogens (tertiary/aromatic N) is 3. The van der Waals surface area contributed by atoms with Crippen molar-refractivity contribution in [3.8, 4) is 0 Å². The molecule has 0 radical (unpaired) electrons. The van der Waals surface area contributed by atoms with Crippen LogP contribution in [0.2, 0.25) is 5.02 Å². The number of piperidine rings is 1. The Morgan fingerprint density at radius 2 is 2.00 bits per heavy atom. The summed E-state index contributed by atoms with van der Waals surface area (Å²) in [6.45, 7) is 1.70. The number of hydrogen-bond donors (Lipinski definition) is 2. The first-order valence-electron chi connectivity index (χ1n) is 8.56. The average molecular weight is 358 g/mol. The molecule has 130 valence electrons. The molecule has 1 aromatic carbocycles. The van der Waals surface area contributed by atoms with Gasteiger partial charge in [0, 0.05) is 48.7 Å². The van der Waals surface area contributed by atoms with Crippen LogP contribution in [0, 0.1) is 0 Å². The van der Waals surface area contributed by atoms with Gasteiger partial charge in [-0.15, -0.1) is 0 Å². The molecular weight excluding hydrogens is 338 g/mol. The van der Waals surface area contributed by atoms with Crippen LogP contribution in [0.3, 0.4) is 0 Å². The molecule has 25 heavy (non-hydrogen) atoms. The Balaban J connectivity index is 1.30. The average Bonchev–Trinajstić information content (AvgIpc) is 3.06. The lowest BCUT2D eigenvalue weighted by Crippen LogP contribution is -2.49. The standard InChI is InChI=1S/C18H20ClN5O/c19-13-2-3-15-12(10-13)11-16(23-15)17(25)22-14-4-8-24(9-5-14)18-20-6-1-7-21-18/h1-3,6-7,10,14,16,23H,4-5,8-9,11H2,(H,22,25)/t16-/m0/s1. The molecule has 7 heteroatoms. The maximum atomic E-state index is 12.6. The molecule has 0 aliphatic carbocycles. The lowest BCUT2D eigenvalue weighted by Gasteiger charge is -2.32. The van der Waals surface area contributed by atoms with Crippen molar-refractivity contribution < 1.29 is 4.79 Å². The predicted octanol–water partition coefficient (Wildman–Crippen LogP) is 2.25. The summed E-state index contributed by atoms with van der Waals surface area (Å²) in [5.74, 6) is 0.818. The third kappa shape index (κ3) is 3.54. The van der Waals surface area contributed by atoms with E-state index < -0.39 is 0 Å². The van der Waals surface area contributed by atoms with Crippen molar-refractivity contribution in [3.63, 3.8) is 0 Å². The van der Waals surface area contributed by atoms with Crippen LogP contribution in [0.15, 0.2) is 36.7 Å². The van der Waals surface area contributed by atoms with Crippen molar-refractivity contribution in [2.75, 3.05) is 23.3 Å². The molecule has 0 unspecified atom stereocenters. The van der Waals surface area contributed by atoms with E-state index in [-0.39, 0.29) is 18.0 Å². The van der Waals surface area contributed by atoms with E-state index in [9.17, 15) is 4.79 Å². The number of hydrogen-bond acceptors (Lipinski definition) is 5. The monoisotopic (exact) mass is 357 g/mol. The molecule has 4 rings (SSSR count). The highest BCUT2D eigenvalue weighted by molar-refractivity contribution is 6.30. The zero-order valence-corrected chi connectivity index (χ0v) is 14.5. The fourth-order valence-electron chi connectivity index (χ4n) is 3.47. The number of carbonyl (C=O) groups is 1. The largest absolute Gasteiger partial charge is 0.373 e. The number of aromatic nitrogens is 2. The van der Waals surface area contributed by atoms with Gasteiger partial charge in [0.2, 0.25) is 11.9 Å². The first-order chi connectivity index (χ1) is 12.2. The minimum absolute atomic E-state index is 0.0572. The molecule has 0 saturated carbocycles. The van der Waals surface area contributed by atoms with Crippen LogP contribution < -0.4 is 15.5 Å². The number of benzene rings is 1. The summed E-state index contributed by atoms with van der Waals surface area (Å²) in [6.07, 6.45) is 5.99. The van der Waals surface area contributed by atoms with Crippen molar-refractivity contribution in [2.24, 2.45) is 0 Å². The van der Waals surface area contributed by atoms with Crippen molar-refractivity contribution in [1.82, 2.24) is 15.3 Å². The highest BCUT2D eigenvalue weighted by atomic mass is 35.5. The molecule has 0 bridgehead atoms. The summed E-state index contributed by atoms with van der Waals surface area (Å²) in [7, 11) is 0. The number of carbonyl (C=O) groups excluding carboxylic acids is 1. The van der Waals surface area contributed by atoms with Crippen LogP contribution in [0.25, 0.3) is 0 Å². The molecule has 3 heterocycles. The zero-order chi connectivity index (χ0) is 17.2. The Morgan fingerprint density at radius 3 is 2.76 bits per heavy atom. The first kappa shape index (κ1) is 16.1. The van der Waals surface area contributed by atoms with Crippen LogP contribution in [0.4, 0.5) is 11.6 Å². The molecular formula is C18H20ClN5O. The fourth-order valence-corrected chi connectivity index (χ4v) is 3.66. The maximum Gasteiger partial charge on any atom is 0.243 e. The van der Waals surface area contributed by atoms with Crippen LogP contribution in [0.1, 0.15) is 18.4 Å². The van der Waals surface area contributed by atoms with Crippen molar-refractivity contribution in [3.05, 3.63) is 47.2 Å². The Bertz CT molecular complexity index is 761. The summed E-state index contributed by atoms with van der Waals surface area (Å²) in [6, 6.07) is 7.50. The summed E-state index contributed by atoms with van der Waals surface area (Å²) < 4.78 is 0. The van der Waals surface area contributed by atoms with Crippen LogP contribution in [-0.2, 0) is 11.2 Å². The van der Waals surface area contributed by atoms with Crippen molar-refractivity contribution >= 4 is 29.1 Å². The van der Waals surface area contributed by atoms with E-state index >= 15 is 0 Å². The van der Waals surface area contributed by atoms with E-state index in [1.165, 1.54) is 0 Å². The van der Waals surface area contributed by atoms with E-state index in [4.69, 9.17) is 11.6 Å². The summed E-state index contributed by atoms with van der Waals surface area (Å²) in [4.78, 5) is 23.3. The van der Waals surface area contributed by atoms with Gasteiger partial charge >= 0.3 is 0 Å². The number of halogens is 1. The second kappa shape index (κ2) is 6.88. The molecule has 0 spiro atoms. The van der Waals surface area contributed by atoms with Crippen LogP contribution >= 0.6 is 11.6 Å². The molecule has 2 aliphatic rings. The second-order valence-corrected chi connectivity index (χ2v) is 6.96. The van der Waals surface area contributed by atoms with Gasteiger partial charge < -0.3 is 15.5 Å². The Labute approximate surface area is 151 Å². The lowest BCUT2D eigenvalue weighted by atomic mass is 10.0. The molecule has 1 amide bonds. The third-order valence-corrected chi connectivity index (χ3v) is 5.05. The maximum absolute atomic E-state index is 12.6. The van der Waals surface area contributed by atoms with Gasteiger partial charge in [0.05, 0.1) is 0 Å². The van der Waals surface area contributed by atoms with Gasteiger partial charge in [-0.3, -0.25) is 4.79 Å². The van der Waals surface area contributed by atoms with Crippen molar-refractivity contribution in [2.45, 2.75) is 31.3 Å². The van der Waals surface area contributed by atoms with E-state index in [1.807, 2.05) is 24.3 Å². The van der Waals surface area contributed by atoms with Crippen LogP contribution in [-0.4, -0.2) is 41.0 Å². The predicted molar refractivity (Wildman–Crippen MR) is 98.0 cm³/mol. The highest BCUT2D eigenvalue weighted by Gasteiger charge is 2.29. The van der Waals surface area contributed by atoms with Gasteiger partial charge in [0.15, 0.2) is 0 Å². The minimum Gasteiger partial charge on any atom is -0.373 e. The zero-order valence-electron chi connectivity index (χ0n) is 13.8. The van der Waals surface area contributed by atoms with E-state index in [1.54, 1.807) is 12.4 Å². The van der Waals surface area contributed by atoms with Gasteiger partial charge in [-0.25, -0.2) is 9.97 Å². The van der Waals surface area contributed by atoms with Gasteiger partial charge in [0.25, 0.3) is 0 Å². The first-order valence-corrected chi connectivity index (χ1v) is 8.94. The highest BCUT2D eigenvalue weighted by Crippen LogP contribution is 2.28. The molecule has 6 nitrogen and oxygen atoms in total. The number of rotatable bonds is 3. The molecule has 1 atom stereocenters. The van der Waals surface area contributed by atoms with Crippen LogP contribution in [0.5, 0.6) is 0 Å². The van der Waals surface area contributed by atoms with E-state index in [2.05, 4.69) is 25.5 Å². The lowest BCUT2D eigenvalue weighted by molar-refractivity contribution is -0.122. The van der Waals surface area contributed by atoms with Gasteiger partial charge in [-0.05, 0) is 42.7 Å². The van der Waals surface area contributed by atoms with Crippen molar-refractivity contribution in [1.29, 1.82) is 0 Å². The van der Waals surface area contributed by atoms with Gasteiger partial charge in [-0.1, -0.05) is 11.6 Å². The molecule has 1 aromatic heterocycles. The van der Waals surface area contributed by atoms with E-state index in [0.717, 1.165) is 43.1 Å². The summed E-state index contributed by atoms with van der Waals surface area (Å²) in [5, 5.41) is 7.17. The second-order valence-electron chi connectivity index (χ2n) is 6.52. The number of nitrogens with one attached hydrogen (secondary N) is 2. The number of anilines is 2. The molecule has 2 N–H and O–H groups in total. The Kier molecular flexibility index (Phi) is 4.44. The quantitative estimate of drug-likeness (QED) is 0.881. The minimum atomic E-state index is -0.219. The van der Waals surface area contributed by atoms with Gasteiger partial charge in [-0.2, -0.15) is 0 Å². The van der Waals surface area contributed by atoms with E-state index in [0.29, 0.717) is 11.4 Å². The molecule has 1 fully saturated rings. The topological polar surface area (TPSA) is 70.2 Å². The summed E-state index contributed by atoms with van der Waals surface area (Å²) >= 11 is 6.03. The normalized spacial score (nSPS) is 20.0. The Morgan fingerprint density at radius 1 is 1.24 bits per heavy atom. The fraction of sp³-hybridized carbons (Fsp3) is 0.389. The third-order valence-electron chi connectivity index (χ3n) is 4.81. The number of amides is 1. The molecule has 2 aromatic rings. The molecule has 1 saturated heterocycles. The van der Waals surface area contributed by atoms with Gasteiger partial charge in [0.1, 0.15) is 6.04 Å². The number of fused-ring (bicyclic) bond motifs is 1. The Hall–Kier alpha value is -2.34. The smallest absolute Gasteiger partial charge is 0.243 e.